The van der Waals surface area contributed by atoms with Crippen molar-refractivity contribution < 1.29 is 4.79 Å². The third kappa shape index (κ3) is 5.00. The van der Waals surface area contributed by atoms with Crippen molar-refractivity contribution in [1.82, 2.24) is 4.90 Å². The summed E-state index contributed by atoms with van der Waals surface area (Å²) >= 11 is 3.42. The molecule has 1 saturated heterocycles. The second-order valence-corrected chi connectivity index (χ2v) is 6.62. The van der Waals surface area contributed by atoms with Crippen LogP contribution in [0.3, 0.4) is 0 Å². The van der Waals surface area contributed by atoms with Gasteiger partial charge in [-0.15, -0.1) is 0 Å². The number of hydrogen-bond acceptors (Lipinski definition) is 3. The lowest BCUT2D eigenvalue weighted by atomic mass is 9.98. The Kier molecular flexibility index (Phi) is 6.06. The minimum atomic E-state index is 0.0374. The summed E-state index contributed by atoms with van der Waals surface area (Å²) in [5.74, 6) is 0.861. The topological polar surface area (TPSA) is 58.4 Å². The molecule has 1 atom stereocenters. The average molecular weight is 354 g/mol. The van der Waals surface area contributed by atoms with Gasteiger partial charge in [-0.25, -0.2) is 0 Å². The number of hydrogen-bond donors (Lipinski definition) is 2. The number of halogens is 1. The molecule has 3 N–H and O–H groups in total. The maximum Gasteiger partial charge on any atom is 0.238 e. The summed E-state index contributed by atoms with van der Waals surface area (Å²) in [5, 5.41) is 2.95. The molecule has 5 heteroatoms. The van der Waals surface area contributed by atoms with E-state index >= 15 is 0 Å². The van der Waals surface area contributed by atoms with Crippen LogP contribution in [0.25, 0.3) is 0 Å². The van der Waals surface area contributed by atoms with Gasteiger partial charge in [0.2, 0.25) is 5.91 Å². The highest BCUT2D eigenvalue weighted by Gasteiger charge is 2.18. The van der Waals surface area contributed by atoms with Gasteiger partial charge < -0.3 is 11.1 Å². The second-order valence-electron chi connectivity index (χ2n) is 5.77. The number of likely N-dealkylation sites (tertiary alicyclic amines) is 1. The Bertz CT molecular complexity index is 492. The van der Waals surface area contributed by atoms with Crippen molar-refractivity contribution in [3.8, 4) is 0 Å². The van der Waals surface area contributed by atoms with Gasteiger partial charge in [-0.1, -0.05) is 13.3 Å². The standard InChI is InChI=1S/C16H24BrN3O/c1-2-12-4-3-8-20(9-7-12)11-16(21)19-15-6-5-13(18)10-14(15)17/h5-6,10,12H,2-4,7-9,11,18H2,1H3,(H,19,21). The van der Waals surface area contributed by atoms with E-state index in [2.05, 4.69) is 33.1 Å². The summed E-state index contributed by atoms with van der Waals surface area (Å²) in [5.41, 5.74) is 7.15. The van der Waals surface area contributed by atoms with E-state index in [-0.39, 0.29) is 5.91 Å². The highest BCUT2D eigenvalue weighted by Crippen LogP contribution is 2.25. The molecule has 1 heterocycles. The molecular formula is C16H24BrN3O. The van der Waals surface area contributed by atoms with Gasteiger partial charge >= 0.3 is 0 Å². The Labute approximate surface area is 135 Å². The Hall–Kier alpha value is -1.07. The van der Waals surface area contributed by atoms with E-state index in [1.165, 1.54) is 25.7 Å². The zero-order valence-electron chi connectivity index (χ0n) is 12.6. The Morgan fingerprint density at radius 1 is 1.43 bits per heavy atom. The van der Waals surface area contributed by atoms with Crippen molar-refractivity contribution in [2.24, 2.45) is 5.92 Å². The van der Waals surface area contributed by atoms with E-state index in [0.29, 0.717) is 12.2 Å². The molecule has 0 radical (unpaired) electrons. The predicted molar refractivity (Wildman–Crippen MR) is 91.3 cm³/mol. The first kappa shape index (κ1) is 16.3. The van der Waals surface area contributed by atoms with Crippen LogP contribution in [-0.2, 0) is 4.79 Å². The zero-order valence-corrected chi connectivity index (χ0v) is 14.2. The van der Waals surface area contributed by atoms with E-state index in [0.717, 1.165) is 29.2 Å². The summed E-state index contributed by atoms with van der Waals surface area (Å²) in [6, 6.07) is 5.42. The first-order valence-electron chi connectivity index (χ1n) is 7.65. The smallest absolute Gasteiger partial charge is 0.238 e. The molecule has 0 spiro atoms. The van der Waals surface area contributed by atoms with Gasteiger partial charge in [0.15, 0.2) is 0 Å². The zero-order chi connectivity index (χ0) is 15.2. The van der Waals surface area contributed by atoms with E-state index in [1.807, 2.05) is 6.07 Å². The van der Waals surface area contributed by atoms with Gasteiger partial charge in [-0.2, -0.15) is 0 Å². The van der Waals surface area contributed by atoms with Crippen LogP contribution in [0.2, 0.25) is 0 Å². The van der Waals surface area contributed by atoms with Gasteiger partial charge in [0, 0.05) is 10.2 Å². The molecule has 1 fully saturated rings. The SMILES string of the molecule is CCC1CCCN(CC(=O)Nc2ccc(N)cc2Br)CC1. The number of nitrogens with two attached hydrogens (primary N) is 1. The van der Waals surface area contributed by atoms with Gasteiger partial charge in [0.05, 0.1) is 12.2 Å². The summed E-state index contributed by atoms with van der Waals surface area (Å²) in [6.45, 7) is 4.76. The number of benzene rings is 1. The van der Waals surface area contributed by atoms with E-state index in [9.17, 15) is 4.79 Å². The van der Waals surface area contributed by atoms with Gasteiger partial charge in [0.25, 0.3) is 0 Å². The van der Waals surface area contributed by atoms with Crippen LogP contribution < -0.4 is 11.1 Å². The quantitative estimate of drug-likeness (QED) is 0.814. The van der Waals surface area contributed by atoms with Crippen LogP contribution in [0.4, 0.5) is 11.4 Å². The lowest BCUT2D eigenvalue weighted by molar-refractivity contribution is -0.117. The largest absolute Gasteiger partial charge is 0.399 e. The van der Waals surface area contributed by atoms with Crippen LogP contribution in [0.5, 0.6) is 0 Å². The minimum Gasteiger partial charge on any atom is -0.399 e. The van der Waals surface area contributed by atoms with Crippen molar-refractivity contribution in [1.29, 1.82) is 0 Å². The summed E-state index contributed by atoms with van der Waals surface area (Å²) in [7, 11) is 0. The predicted octanol–water partition coefficient (Wildman–Crippen LogP) is 3.48. The monoisotopic (exact) mass is 353 g/mol. The number of anilines is 2. The number of rotatable bonds is 4. The first-order valence-corrected chi connectivity index (χ1v) is 8.45. The number of nitrogens with zero attached hydrogens (tertiary/aromatic N) is 1. The maximum atomic E-state index is 12.2. The van der Waals surface area contributed by atoms with E-state index in [4.69, 9.17) is 5.73 Å². The fourth-order valence-corrected chi connectivity index (χ4v) is 3.31. The fourth-order valence-electron chi connectivity index (χ4n) is 2.82. The highest BCUT2D eigenvalue weighted by atomic mass is 79.9. The molecule has 116 valence electrons. The van der Waals surface area contributed by atoms with Crippen LogP contribution in [0.15, 0.2) is 22.7 Å². The minimum absolute atomic E-state index is 0.0374. The molecule has 21 heavy (non-hydrogen) atoms. The maximum absolute atomic E-state index is 12.2. The van der Waals surface area contributed by atoms with Crippen molar-refractivity contribution in [2.45, 2.75) is 32.6 Å². The van der Waals surface area contributed by atoms with Crippen molar-refractivity contribution in [3.05, 3.63) is 22.7 Å². The molecule has 0 aliphatic carbocycles. The molecule has 0 bridgehead atoms. The van der Waals surface area contributed by atoms with Gasteiger partial charge in [-0.3, -0.25) is 9.69 Å². The third-order valence-electron chi connectivity index (χ3n) is 4.15. The molecule has 0 aromatic heterocycles. The number of carbonyl (C=O) groups is 1. The molecule has 1 unspecified atom stereocenters. The molecule has 4 nitrogen and oxygen atoms in total. The lowest BCUT2D eigenvalue weighted by Gasteiger charge is -2.19. The second kappa shape index (κ2) is 7.80. The molecule has 1 aliphatic rings. The lowest BCUT2D eigenvalue weighted by Crippen LogP contribution is -2.34. The van der Waals surface area contributed by atoms with E-state index < -0.39 is 0 Å². The molecule has 1 aromatic rings. The van der Waals surface area contributed by atoms with Crippen molar-refractivity contribution in [3.63, 3.8) is 0 Å². The van der Waals surface area contributed by atoms with Crippen LogP contribution in [0.1, 0.15) is 32.6 Å². The number of carbonyl (C=O) groups excluding carboxylic acids is 1. The molecule has 1 amide bonds. The molecule has 0 saturated carbocycles. The Morgan fingerprint density at radius 3 is 2.95 bits per heavy atom. The molecular weight excluding hydrogens is 330 g/mol. The van der Waals surface area contributed by atoms with Gasteiger partial charge in [0.1, 0.15) is 0 Å². The van der Waals surface area contributed by atoms with Crippen LogP contribution in [0, 0.1) is 5.92 Å². The van der Waals surface area contributed by atoms with Gasteiger partial charge in [-0.05, 0) is 72.4 Å². The summed E-state index contributed by atoms with van der Waals surface area (Å²) < 4.78 is 0.817. The van der Waals surface area contributed by atoms with E-state index in [1.54, 1.807) is 12.1 Å². The molecule has 1 aliphatic heterocycles. The van der Waals surface area contributed by atoms with Crippen molar-refractivity contribution >= 4 is 33.2 Å². The summed E-state index contributed by atoms with van der Waals surface area (Å²) in [4.78, 5) is 14.4. The summed E-state index contributed by atoms with van der Waals surface area (Å²) in [6.07, 6.45) is 4.93. The molecule has 1 aromatic carbocycles. The van der Waals surface area contributed by atoms with Crippen LogP contribution >= 0.6 is 15.9 Å². The molecule has 2 rings (SSSR count). The fraction of sp³-hybridized carbons (Fsp3) is 0.562. The Morgan fingerprint density at radius 2 is 2.24 bits per heavy atom. The van der Waals surface area contributed by atoms with Crippen LogP contribution in [-0.4, -0.2) is 30.4 Å². The average Bonchev–Trinajstić information content (AvgIpc) is 2.67. The third-order valence-corrected chi connectivity index (χ3v) is 4.81. The van der Waals surface area contributed by atoms with Crippen molar-refractivity contribution in [2.75, 3.05) is 30.7 Å². The normalized spacial score (nSPS) is 20.0. The first-order chi connectivity index (χ1) is 10.1. The number of nitrogens with one attached hydrogen (secondary N) is 1. The number of nitrogen functional groups attached to an aromatic ring is 1. The number of amides is 1. The Balaban J connectivity index is 1.86. The highest BCUT2D eigenvalue weighted by molar-refractivity contribution is 9.10.